The molecule has 3 rings (SSSR count). The molecule has 0 bridgehead atoms. The van der Waals surface area contributed by atoms with Gasteiger partial charge in [0.15, 0.2) is 0 Å². The first-order valence-corrected chi connectivity index (χ1v) is 8.10. The predicted molar refractivity (Wildman–Crippen MR) is 90.3 cm³/mol. The van der Waals surface area contributed by atoms with Gasteiger partial charge in [0.1, 0.15) is 11.4 Å². The van der Waals surface area contributed by atoms with Crippen LogP contribution in [0, 0.1) is 0 Å². The highest BCUT2D eigenvalue weighted by molar-refractivity contribution is 5.54. The third kappa shape index (κ3) is 3.26. The van der Waals surface area contributed by atoms with Crippen LogP contribution in [0.25, 0.3) is 11.6 Å². The average molecular weight is 330 g/mol. The Kier molecular flexibility index (Phi) is 5.10. The number of rotatable bonds is 6. The minimum absolute atomic E-state index is 0.202. The van der Waals surface area contributed by atoms with Crippen LogP contribution in [-0.4, -0.2) is 48.5 Å². The van der Waals surface area contributed by atoms with E-state index in [0.29, 0.717) is 30.7 Å². The Balaban J connectivity index is 1.87. The fourth-order valence-electron chi connectivity index (χ4n) is 2.74. The minimum Gasteiger partial charge on any atom is -0.496 e. The van der Waals surface area contributed by atoms with E-state index in [1.54, 1.807) is 13.3 Å². The average Bonchev–Trinajstić information content (AvgIpc) is 3.14. The lowest BCUT2D eigenvalue weighted by atomic mass is 9.97. The molecule has 0 aromatic carbocycles. The molecule has 0 spiro atoms. The third-order valence-corrected chi connectivity index (χ3v) is 4.17. The Labute approximate surface area is 141 Å². The van der Waals surface area contributed by atoms with Crippen molar-refractivity contribution in [3.8, 4) is 17.3 Å². The first kappa shape index (κ1) is 16.4. The lowest BCUT2D eigenvalue weighted by Crippen LogP contribution is -2.36. The van der Waals surface area contributed by atoms with E-state index < -0.39 is 0 Å². The number of aromatic nitrogens is 3. The molecule has 0 N–H and O–H groups in total. The van der Waals surface area contributed by atoms with Crippen LogP contribution in [-0.2, 0) is 4.74 Å². The number of pyridine rings is 1. The number of morpholine rings is 1. The van der Waals surface area contributed by atoms with Gasteiger partial charge in [-0.25, -0.2) is 0 Å². The summed E-state index contributed by atoms with van der Waals surface area (Å²) < 4.78 is 16.2. The van der Waals surface area contributed by atoms with Gasteiger partial charge in [-0.2, -0.15) is 4.98 Å². The molecule has 0 saturated carbocycles. The number of methoxy groups -OCH3 is 1. The number of nitrogens with zero attached hydrogens (tertiary/aromatic N) is 4. The third-order valence-electron chi connectivity index (χ3n) is 4.17. The summed E-state index contributed by atoms with van der Waals surface area (Å²) >= 11 is 0. The summed E-state index contributed by atoms with van der Waals surface area (Å²) in [6.07, 6.45) is 4.63. The number of anilines is 1. The summed E-state index contributed by atoms with van der Waals surface area (Å²) in [5.74, 6) is 1.90. The van der Waals surface area contributed by atoms with E-state index in [1.807, 2.05) is 17.0 Å². The highest BCUT2D eigenvalue weighted by Crippen LogP contribution is 2.32. The number of hydrogen-bond donors (Lipinski definition) is 0. The fraction of sp³-hybridized carbons (Fsp3) is 0.471. The molecule has 2 aromatic rings. The van der Waals surface area contributed by atoms with E-state index in [0.717, 1.165) is 30.8 Å². The molecule has 1 aliphatic rings. The summed E-state index contributed by atoms with van der Waals surface area (Å²) in [7, 11) is 1.64. The van der Waals surface area contributed by atoms with Crippen molar-refractivity contribution in [2.24, 2.45) is 0 Å². The zero-order valence-electron chi connectivity index (χ0n) is 14.1. The summed E-state index contributed by atoms with van der Waals surface area (Å²) in [6, 6.07) is 1.83. The van der Waals surface area contributed by atoms with Crippen LogP contribution in [0.15, 0.2) is 29.4 Å². The van der Waals surface area contributed by atoms with Gasteiger partial charge in [-0.15, -0.1) is 6.58 Å². The molecule has 1 saturated heterocycles. The maximum atomic E-state index is 5.51. The van der Waals surface area contributed by atoms with Crippen molar-refractivity contribution < 1.29 is 14.0 Å². The van der Waals surface area contributed by atoms with Crippen LogP contribution in [0.5, 0.6) is 5.75 Å². The molecule has 7 heteroatoms. The first-order chi connectivity index (χ1) is 11.8. The van der Waals surface area contributed by atoms with E-state index in [4.69, 9.17) is 14.0 Å². The second-order valence-corrected chi connectivity index (χ2v) is 5.56. The number of allylic oxidation sites excluding steroid dienone is 1. The Morgan fingerprint density at radius 2 is 2.21 bits per heavy atom. The van der Waals surface area contributed by atoms with E-state index >= 15 is 0 Å². The fourth-order valence-corrected chi connectivity index (χ4v) is 2.74. The van der Waals surface area contributed by atoms with Crippen molar-refractivity contribution in [1.82, 2.24) is 15.1 Å². The van der Waals surface area contributed by atoms with E-state index in [1.165, 1.54) is 0 Å². The normalized spacial score (nSPS) is 16.0. The largest absolute Gasteiger partial charge is 0.496 e. The lowest BCUT2D eigenvalue weighted by Gasteiger charge is -2.24. The van der Waals surface area contributed by atoms with Gasteiger partial charge in [-0.3, -0.25) is 4.98 Å². The van der Waals surface area contributed by atoms with Crippen molar-refractivity contribution in [3.63, 3.8) is 0 Å². The van der Waals surface area contributed by atoms with E-state index in [-0.39, 0.29) is 5.92 Å². The van der Waals surface area contributed by atoms with Crippen molar-refractivity contribution in [1.29, 1.82) is 0 Å². The zero-order valence-corrected chi connectivity index (χ0v) is 14.1. The van der Waals surface area contributed by atoms with Gasteiger partial charge in [0.25, 0.3) is 11.8 Å². The van der Waals surface area contributed by atoms with Gasteiger partial charge in [-0.05, 0) is 11.6 Å². The molecule has 0 aliphatic carbocycles. The van der Waals surface area contributed by atoms with Gasteiger partial charge < -0.3 is 18.9 Å². The Morgan fingerprint density at radius 1 is 1.42 bits per heavy atom. The topological polar surface area (TPSA) is 73.5 Å². The molecular formula is C17H22N4O3. The van der Waals surface area contributed by atoms with Gasteiger partial charge in [0.05, 0.1) is 20.3 Å². The Hall–Kier alpha value is -2.41. The molecular weight excluding hydrogens is 308 g/mol. The van der Waals surface area contributed by atoms with Crippen molar-refractivity contribution in [2.75, 3.05) is 38.3 Å². The smallest absolute Gasteiger partial charge is 0.278 e. The van der Waals surface area contributed by atoms with Gasteiger partial charge in [0, 0.05) is 36.8 Å². The molecule has 128 valence electrons. The van der Waals surface area contributed by atoms with Crippen LogP contribution in [0.2, 0.25) is 0 Å². The van der Waals surface area contributed by atoms with Gasteiger partial charge in [-0.1, -0.05) is 13.0 Å². The summed E-state index contributed by atoms with van der Waals surface area (Å²) in [6.45, 7) is 8.84. The first-order valence-electron chi connectivity index (χ1n) is 8.10. The van der Waals surface area contributed by atoms with Crippen molar-refractivity contribution in [3.05, 3.63) is 30.5 Å². The van der Waals surface area contributed by atoms with E-state index in [2.05, 4.69) is 28.6 Å². The molecule has 7 nitrogen and oxygen atoms in total. The number of hydrogen-bond acceptors (Lipinski definition) is 7. The number of ether oxygens (including phenoxy) is 2. The van der Waals surface area contributed by atoms with Crippen molar-refractivity contribution in [2.45, 2.75) is 19.3 Å². The molecule has 0 amide bonds. The molecule has 1 unspecified atom stereocenters. The van der Waals surface area contributed by atoms with Crippen LogP contribution < -0.4 is 9.64 Å². The van der Waals surface area contributed by atoms with Crippen LogP contribution in [0.4, 0.5) is 5.95 Å². The highest BCUT2D eigenvalue weighted by atomic mass is 16.5. The quantitative estimate of drug-likeness (QED) is 0.754. The molecule has 1 aliphatic heterocycles. The lowest BCUT2D eigenvalue weighted by molar-refractivity contribution is 0.121. The second kappa shape index (κ2) is 7.44. The highest BCUT2D eigenvalue weighted by Gasteiger charge is 2.20. The Bertz CT molecular complexity index is 695. The standard InChI is InChI=1S/C17H22N4O3/c1-4-12(5-2)13-11-18-14(10-15(13)22-3)16-19-17(20-24-16)21-6-8-23-9-7-21/h4,10-12H,1,5-9H2,2-3H3. The monoisotopic (exact) mass is 330 g/mol. The summed E-state index contributed by atoms with van der Waals surface area (Å²) in [5, 5.41) is 4.05. The van der Waals surface area contributed by atoms with Crippen molar-refractivity contribution >= 4 is 5.95 Å². The molecule has 2 aromatic heterocycles. The summed E-state index contributed by atoms with van der Waals surface area (Å²) in [4.78, 5) is 10.9. The van der Waals surface area contributed by atoms with Crippen LogP contribution in [0.1, 0.15) is 24.8 Å². The van der Waals surface area contributed by atoms with Gasteiger partial charge >= 0.3 is 0 Å². The van der Waals surface area contributed by atoms with Crippen LogP contribution in [0.3, 0.4) is 0 Å². The predicted octanol–water partition coefficient (Wildman–Crippen LogP) is 2.66. The van der Waals surface area contributed by atoms with Crippen LogP contribution >= 0.6 is 0 Å². The molecule has 0 radical (unpaired) electrons. The molecule has 1 fully saturated rings. The maximum Gasteiger partial charge on any atom is 0.278 e. The molecule has 3 heterocycles. The zero-order chi connectivity index (χ0) is 16.9. The van der Waals surface area contributed by atoms with E-state index in [9.17, 15) is 0 Å². The Morgan fingerprint density at radius 3 is 2.88 bits per heavy atom. The molecule has 1 atom stereocenters. The summed E-state index contributed by atoms with van der Waals surface area (Å²) in [5.41, 5.74) is 1.60. The minimum atomic E-state index is 0.202. The molecule has 24 heavy (non-hydrogen) atoms. The SMILES string of the molecule is C=CC(CC)c1cnc(-c2nc(N3CCOCC3)no2)cc1OC. The maximum absolute atomic E-state index is 5.51. The van der Waals surface area contributed by atoms with Gasteiger partial charge in [0.2, 0.25) is 0 Å². The second-order valence-electron chi connectivity index (χ2n) is 5.56.